The first-order valence-corrected chi connectivity index (χ1v) is 13.4. The largest absolute Gasteiger partial charge is 0.497 e. The summed E-state index contributed by atoms with van der Waals surface area (Å²) in [7, 11) is 6.34. The van der Waals surface area contributed by atoms with Gasteiger partial charge in [-0.2, -0.15) is 0 Å². The molecule has 0 fully saturated rings. The average Bonchev–Trinajstić information content (AvgIpc) is 3.29. The molecule has 3 rings (SSSR count). The smallest absolute Gasteiger partial charge is 0.244 e. The highest BCUT2D eigenvalue weighted by molar-refractivity contribution is 5.93. The lowest BCUT2D eigenvalue weighted by atomic mass is 10.1. The van der Waals surface area contributed by atoms with Gasteiger partial charge >= 0.3 is 0 Å². The van der Waals surface area contributed by atoms with Crippen LogP contribution in [0.2, 0.25) is 0 Å². The molecule has 1 aromatic heterocycles. The number of amides is 1. The number of hydrogen-bond acceptors (Lipinski definition) is 2. The van der Waals surface area contributed by atoms with Crippen molar-refractivity contribution in [2.75, 3.05) is 34.3 Å². The van der Waals surface area contributed by atoms with Crippen LogP contribution in [-0.4, -0.2) is 49.7 Å². The number of H-pyrrole nitrogens is 1. The van der Waals surface area contributed by atoms with Crippen LogP contribution in [0.5, 0.6) is 5.75 Å². The zero-order valence-electron chi connectivity index (χ0n) is 22.6. The second-order valence-corrected chi connectivity index (χ2v) is 10.4. The Morgan fingerprint density at radius 1 is 1.00 bits per heavy atom. The Bertz CT molecular complexity index is 1110. The van der Waals surface area contributed by atoms with Crippen LogP contribution in [0.1, 0.15) is 62.1 Å². The number of methoxy groups -OCH3 is 1. The zero-order chi connectivity index (χ0) is 25.8. The van der Waals surface area contributed by atoms with E-state index in [4.69, 9.17) is 4.74 Å². The normalized spacial score (nSPS) is 11.9. The van der Waals surface area contributed by atoms with Gasteiger partial charge in [-0.3, -0.25) is 4.79 Å². The Kier molecular flexibility index (Phi) is 10.6. The molecular formula is C31H44N3O2+. The lowest BCUT2D eigenvalue weighted by Gasteiger charge is -2.30. The van der Waals surface area contributed by atoms with E-state index in [1.54, 1.807) is 13.2 Å². The Labute approximate surface area is 217 Å². The number of benzene rings is 2. The summed E-state index contributed by atoms with van der Waals surface area (Å²) in [5.41, 5.74) is 4.56. The van der Waals surface area contributed by atoms with E-state index >= 15 is 0 Å². The van der Waals surface area contributed by atoms with Gasteiger partial charge in [0.2, 0.25) is 5.91 Å². The van der Waals surface area contributed by atoms with E-state index in [0.29, 0.717) is 6.54 Å². The number of carbonyl (C=O) groups excluding carboxylic acids is 1. The van der Waals surface area contributed by atoms with Gasteiger partial charge in [-0.05, 0) is 59.9 Å². The number of nitrogens with one attached hydrogen (secondary N) is 2. The molecule has 194 valence electrons. The van der Waals surface area contributed by atoms with Crippen molar-refractivity contribution >= 4 is 22.9 Å². The predicted molar refractivity (Wildman–Crippen MR) is 151 cm³/mol. The van der Waals surface area contributed by atoms with Crippen LogP contribution in [0.3, 0.4) is 0 Å². The summed E-state index contributed by atoms with van der Waals surface area (Å²) in [6.07, 6.45) is 14.7. The molecule has 2 aromatic carbocycles. The summed E-state index contributed by atoms with van der Waals surface area (Å²) in [5.74, 6) is 0.707. The van der Waals surface area contributed by atoms with Crippen molar-refractivity contribution in [3.63, 3.8) is 0 Å². The maximum atomic E-state index is 12.3. The molecule has 0 atom stereocenters. The Morgan fingerprint density at radius 2 is 1.75 bits per heavy atom. The van der Waals surface area contributed by atoms with E-state index < -0.39 is 0 Å². The minimum absolute atomic E-state index is 0.103. The molecule has 0 spiro atoms. The molecule has 0 aliphatic rings. The third-order valence-corrected chi connectivity index (χ3v) is 6.95. The summed E-state index contributed by atoms with van der Waals surface area (Å²) in [4.78, 5) is 15.8. The molecule has 0 saturated carbocycles. The maximum Gasteiger partial charge on any atom is 0.244 e. The highest BCUT2D eigenvalue weighted by atomic mass is 16.5. The number of aromatic amines is 1. The third-order valence-electron chi connectivity index (χ3n) is 6.95. The first-order chi connectivity index (χ1) is 17.4. The zero-order valence-corrected chi connectivity index (χ0v) is 22.6. The number of nitrogens with zero attached hydrogens (tertiary/aromatic N) is 1. The fraction of sp³-hybridized carbons (Fsp3) is 0.452. The minimum atomic E-state index is -0.103. The van der Waals surface area contributed by atoms with Crippen LogP contribution >= 0.6 is 0 Å². The Morgan fingerprint density at radius 3 is 2.50 bits per heavy atom. The topological polar surface area (TPSA) is 54.1 Å². The number of likely N-dealkylation sites (N-methyl/N-ethyl adjacent to an activating group) is 1. The van der Waals surface area contributed by atoms with Crippen molar-refractivity contribution in [1.29, 1.82) is 0 Å². The molecule has 1 heterocycles. The number of fused-ring (bicyclic) bond motifs is 1. The van der Waals surface area contributed by atoms with Gasteiger partial charge in [0.05, 0.1) is 34.3 Å². The molecule has 0 radical (unpaired) electrons. The summed E-state index contributed by atoms with van der Waals surface area (Å²) < 4.78 is 6.23. The standard InChI is InChI=1S/C31H43N3O2/c1-5-6-7-8-9-10-20-34(2,3)21-19-27-24-32-30-17-13-25(22-29(27)30)14-18-31(35)33-23-26-11-15-28(36-4)16-12-26/h11-18,22,24H,5-10,19-21,23H2,1-4H3,(H-,32,33,35)/p+1. The maximum absolute atomic E-state index is 12.3. The summed E-state index contributed by atoms with van der Waals surface area (Å²) in [6.45, 7) is 5.11. The number of carbonyl (C=O) groups is 1. The lowest BCUT2D eigenvalue weighted by Crippen LogP contribution is -2.42. The Hall–Kier alpha value is -3.05. The average molecular weight is 491 g/mol. The van der Waals surface area contributed by atoms with Crippen LogP contribution in [0.4, 0.5) is 0 Å². The lowest BCUT2D eigenvalue weighted by molar-refractivity contribution is -0.890. The van der Waals surface area contributed by atoms with Crippen LogP contribution < -0.4 is 10.1 Å². The molecule has 0 aliphatic heterocycles. The first kappa shape index (κ1) is 27.5. The van der Waals surface area contributed by atoms with E-state index in [9.17, 15) is 4.79 Å². The molecule has 0 saturated heterocycles. The molecule has 0 aliphatic carbocycles. The fourth-order valence-corrected chi connectivity index (χ4v) is 4.53. The third kappa shape index (κ3) is 8.87. The van der Waals surface area contributed by atoms with E-state index in [-0.39, 0.29) is 5.91 Å². The van der Waals surface area contributed by atoms with Gasteiger partial charge in [0.25, 0.3) is 0 Å². The van der Waals surface area contributed by atoms with Crippen molar-refractivity contribution in [2.24, 2.45) is 0 Å². The van der Waals surface area contributed by atoms with Crippen LogP contribution in [0.15, 0.2) is 54.7 Å². The predicted octanol–water partition coefficient (Wildman–Crippen LogP) is 6.49. The highest BCUT2D eigenvalue weighted by Gasteiger charge is 2.16. The van der Waals surface area contributed by atoms with Crippen LogP contribution in [-0.2, 0) is 17.8 Å². The molecule has 5 heteroatoms. The Balaban J connectivity index is 1.51. The van der Waals surface area contributed by atoms with E-state index in [0.717, 1.165) is 39.8 Å². The molecule has 5 nitrogen and oxygen atoms in total. The van der Waals surface area contributed by atoms with Crippen LogP contribution in [0, 0.1) is 0 Å². The van der Waals surface area contributed by atoms with Gasteiger partial charge in [0.1, 0.15) is 5.75 Å². The first-order valence-electron chi connectivity index (χ1n) is 13.4. The molecule has 36 heavy (non-hydrogen) atoms. The van der Waals surface area contributed by atoms with E-state index in [1.807, 2.05) is 30.3 Å². The quantitative estimate of drug-likeness (QED) is 0.145. The molecule has 1 amide bonds. The van der Waals surface area contributed by atoms with Crippen molar-refractivity contribution in [1.82, 2.24) is 10.3 Å². The van der Waals surface area contributed by atoms with Crippen molar-refractivity contribution in [2.45, 2.75) is 58.4 Å². The second-order valence-electron chi connectivity index (χ2n) is 10.4. The fourth-order valence-electron chi connectivity index (χ4n) is 4.53. The molecule has 0 bridgehead atoms. The van der Waals surface area contributed by atoms with Gasteiger partial charge in [-0.15, -0.1) is 0 Å². The van der Waals surface area contributed by atoms with Crippen molar-refractivity contribution in [3.8, 4) is 5.75 Å². The molecule has 0 unspecified atom stereocenters. The highest BCUT2D eigenvalue weighted by Crippen LogP contribution is 2.22. The number of ether oxygens (including phenoxy) is 1. The van der Waals surface area contributed by atoms with Crippen molar-refractivity contribution in [3.05, 3.63) is 71.4 Å². The van der Waals surface area contributed by atoms with E-state index in [1.165, 1.54) is 56.0 Å². The molecular weight excluding hydrogens is 446 g/mol. The number of rotatable bonds is 15. The van der Waals surface area contributed by atoms with Gasteiger partial charge in [-0.25, -0.2) is 0 Å². The van der Waals surface area contributed by atoms with Gasteiger partial charge in [-0.1, -0.05) is 50.8 Å². The van der Waals surface area contributed by atoms with Gasteiger partial charge in [0, 0.05) is 36.1 Å². The monoisotopic (exact) mass is 490 g/mol. The SMILES string of the molecule is CCCCCCCC[N+](C)(C)CCc1c[nH]c2ccc(C=CC(=O)NCc3ccc(OC)cc3)cc12. The summed E-state index contributed by atoms with van der Waals surface area (Å²) in [5, 5.41) is 4.19. The molecule has 2 N–H and O–H groups in total. The second kappa shape index (κ2) is 13.9. The van der Waals surface area contributed by atoms with E-state index in [2.05, 4.69) is 55.7 Å². The molecule has 3 aromatic rings. The number of unbranched alkanes of at least 4 members (excludes halogenated alkanes) is 5. The van der Waals surface area contributed by atoms with Crippen LogP contribution in [0.25, 0.3) is 17.0 Å². The number of aromatic nitrogens is 1. The van der Waals surface area contributed by atoms with Gasteiger partial charge < -0.3 is 19.5 Å². The summed E-state index contributed by atoms with van der Waals surface area (Å²) in [6, 6.07) is 14.0. The summed E-state index contributed by atoms with van der Waals surface area (Å²) >= 11 is 0. The van der Waals surface area contributed by atoms with Crippen molar-refractivity contribution < 1.29 is 14.0 Å². The minimum Gasteiger partial charge on any atom is -0.497 e. The number of quaternary nitrogens is 1. The number of hydrogen-bond donors (Lipinski definition) is 2. The van der Waals surface area contributed by atoms with Gasteiger partial charge in [0.15, 0.2) is 0 Å².